The summed E-state index contributed by atoms with van der Waals surface area (Å²) in [7, 11) is 0. The van der Waals surface area contributed by atoms with Crippen LogP contribution < -0.4 is 9.47 Å². The number of ether oxygens (including phenoxy) is 2. The number of nitrogens with zero attached hydrogens (tertiary/aromatic N) is 1. The lowest BCUT2D eigenvalue weighted by Crippen LogP contribution is -2.43. The normalized spacial score (nSPS) is 20.6. The number of benzene rings is 1. The van der Waals surface area contributed by atoms with E-state index in [-0.39, 0.29) is 17.2 Å². The molecule has 0 saturated carbocycles. The summed E-state index contributed by atoms with van der Waals surface area (Å²) in [5, 5.41) is 10.7. The summed E-state index contributed by atoms with van der Waals surface area (Å²) in [4.78, 5) is 9.88. The zero-order valence-electron chi connectivity index (χ0n) is 8.53. The molecule has 0 aromatic heterocycles. The van der Waals surface area contributed by atoms with E-state index in [1.807, 2.05) is 0 Å². The fourth-order valence-corrected chi connectivity index (χ4v) is 1.63. The maximum absolute atomic E-state index is 12.9. The second kappa shape index (κ2) is 4.20. The van der Waals surface area contributed by atoms with Gasteiger partial charge in [0.25, 0.3) is 5.69 Å². The molecule has 1 aliphatic rings. The second-order valence-corrected chi connectivity index (χ2v) is 3.68. The molecule has 0 saturated heterocycles. The van der Waals surface area contributed by atoms with Gasteiger partial charge in [0.05, 0.1) is 16.9 Å². The highest BCUT2D eigenvalue weighted by atomic mass is 35.5. The molecule has 0 fully saturated rings. The Hall–Kier alpha value is -1.70. The van der Waals surface area contributed by atoms with Crippen LogP contribution in [0.3, 0.4) is 0 Å². The fraction of sp³-hybridized carbons (Fsp3) is 0.333. The second-order valence-electron chi connectivity index (χ2n) is 3.42. The van der Waals surface area contributed by atoms with E-state index < -0.39 is 28.8 Å². The first-order chi connectivity index (χ1) is 8.35. The van der Waals surface area contributed by atoms with Crippen molar-refractivity contribution in [3.8, 4) is 11.5 Å². The first kappa shape index (κ1) is 12.7. The van der Waals surface area contributed by atoms with Gasteiger partial charge in [-0.25, -0.2) is 0 Å². The van der Waals surface area contributed by atoms with Crippen molar-refractivity contribution in [3.63, 3.8) is 0 Å². The van der Waals surface area contributed by atoms with Crippen molar-refractivity contribution in [2.75, 3.05) is 0 Å². The molecule has 0 aliphatic carbocycles. The van der Waals surface area contributed by atoms with Crippen LogP contribution in [0.2, 0.25) is 0 Å². The summed E-state index contributed by atoms with van der Waals surface area (Å²) in [5.74, 6) is -1.20. The summed E-state index contributed by atoms with van der Waals surface area (Å²) < 4.78 is 47.0. The lowest BCUT2D eigenvalue weighted by atomic mass is 10.1. The molecule has 1 aromatic rings. The van der Waals surface area contributed by atoms with Gasteiger partial charge in [0.2, 0.25) is 0 Å². The van der Waals surface area contributed by atoms with Gasteiger partial charge in [-0.2, -0.15) is 13.2 Å². The molecule has 18 heavy (non-hydrogen) atoms. The van der Waals surface area contributed by atoms with Crippen LogP contribution >= 0.6 is 11.6 Å². The van der Waals surface area contributed by atoms with E-state index in [0.717, 1.165) is 12.1 Å². The van der Waals surface area contributed by atoms with Crippen LogP contribution in [-0.4, -0.2) is 17.4 Å². The third-order valence-electron chi connectivity index (χ3n) is 2.23. The van der Waals surface area contributed by atoms with Crippen LogP contribution in [0.15, 0.2) is 12.1 Å². The summed E-state index contributed by atoms with van der Waals surface area (Å²) in [6, 6.07) is 1.73. The van der Waals surface area contributed by atoms with E-state index in [2.05, 4.69) is 9.47 Å². The first-order valence-electron chi connectivity index (χ1n) is 4.60. The maximum atomic E-state index is 12.9. The molecular weight excluding hydrogens is 279 g/mol. The van der Waals surface area contributed by atoms with Gasteiger partial charge in [-0.3, -0.25) is 10.1 Å². The van der Waals surface area contributed by atoms with Gasteiger partial charge in [-0.15, -0.1) is 11.6 Å². The van der Waals surface area contributed by atoms with Crippen LogP contribution in [0.4, 0.5) is 18.9 Å². The zero-order valence-corrected chi connectivity index (χ0v) is 9.29. The summed E-state index contributed by atoms with van der Waals surface area (Å²) >= 11 is 5.47. The number of nitro benzene ring substituents is 1. The van der Waals surface area contributed by atoms with E-state index in [4.69, 9.17) is 11.6 Å². The van der Waals surface area contributed by atoms with Crippen molar-refractivity contribution in [2.45, 2.75) is 18.3 Å². The summed E-state index contributed by atoms with van der Waals surface area (Å²) in [6.45, 7) is 0. The third kappa shape index (κ3) is 2.03. The van der Waals surface area contributed by atoms with E-state index in [9.17, 15) is 23.3 Å². The Kier molecular flexibility index (Phi) is 2.97. The molecule has 0 spiro atoms. The minimum Gasteiger partial charge on any atom is -0.447 e. The van der Waals surface area contributed by atoms with Crippen molar-refractivity contribution in [1.29, 1.82) is 0 Å². The Morgan fingerprint density at radius 1 is 1.44 bits per heavy atom. The van der Waals surface area contributed by atoms with Crippen LogP contribution in [0.1, 0.15) is 5.56 Å². The topological polar surface area (TPSA) is 61.6 Å². The molecule has 0 radical (unpaired) electrons. The van der Waals surface area contributed by atoms with Crippen LogP contribution in [0.5, 0.6) is 11.5 Å². The molecule has 0 amide bonds. The molecule has 2 rings (SSSR count). The van der Waals surface area contributed by atoms with Crippen molar-refractivity contribution in [1.82, 2.24) is 0 Å². The Morgan fingerprint density at radius 3 is 2.67 bits per heavy atom. The van der Waals surface area contributed by atoms with Crippen molar-refractivity contribution in [2.24, 2.45) is 0 Å². The molecule has 5 nitrogen and oxygen atoms in total. The predicted octanol–water partition coefficient (Wildman–Crippen LogP) is 2.99. The number of hydrogen-bond donors (Lipinski definition) is 0. The highest BCUT2D eigenvalue weighted by Crippen LogP contribution is 2.43. The van der Waals surface area contributed by atoms with E-state index in [1.54, 1.807) is 0 Å². The lowest BCUT2D eigenvalue weighted by molar-refractivity contribution is -0.385. The number of fused-ring (bicyclic) bond motifs is 1. The Morgan fingerprint density at radius 2 is 2.11 bits per heavy atom. The molecule has 1 atom stereocenters. The van der Waals surface area contributed by atoms with Gasteiger partial charge in [-0.1, -0.05) is 0 Å². The van der Waals surface area contributed by atoms with Gasteiger partial charge >= 0.3 is 12.5 Å². The Balaban J connectivity index is 2.52. The maximum Gasteiger partial charge on any atom is 0.468 e. The summed E-state index contributed by atoms with van der Waals surface area (Å²) in [5.41, 5.74) is -0.484. The summed E-state index contributed by atoms with van der Waals surface area (Å²) in [6.07, 6.45) is -7.17. The van der Waals surface area contributed by atoms with Gasteiger partial charge in [0.15, 0.2) is 11.5 Å². The van der Waals surface area contributed by atoms with E-state index >= 15 is 0 Å². The van der Waals surface area contributed by atoms with E-state index in [0.29, 0.717) is 0 Å². The molecule has 1 heterocycles. The fourth-order valence-electron chi connectivity index (χ4n) is 1.41. The standard InChI is InChI=1S/C9H5ClF3NO4/c10-3-4-1-6-7(2-5(4)14(15)16)18-9(12,13)8(11)17-6/h1-2,8H,3H2. The molecule has 1 unspecified atom stereocenters. The highest BCUT2D eigenvalue weighted by Gasteiger charge is 2.50. The van der Waals surface area contributed by atoms with Crippen molar-refractivity contribution < 1.29 is 27.6 Å². The molecule has 1 aliphatic heterocycles. The molecule has 0 bridgehead atoms. The average molecular weight is 284 g/mol. The quantitative estimate of drug-likeness (QED) is 0.475. The van der Waals surface area contributed by atoms with Crippen molar-refractivity contribution >= 4 is 17.3 Å². The highest BCUT2D eigenvalue weighted by molar-refractivity contribution is 6.17. The number of alkyl halides is 4. The number of halogens is 4. The minimum atomic E-state index is -4.19. The number of rotatable bonds is 2. The number of nitro groups is 1. The van der Waals surface area contributed by atoms with Gasteiger partial charge in [-0.05, 0) is 6.07 Å². The number of hydrogen-bond acceptors (Lipinski definition) is 4. The minimum absolute atomic E-state index is 0.0152. The largest absolute Gasteiger partial charge is 0.468 e. The monoisotopic (exact) mass is 283 g/mol. The van der Waals surface area contributed by atoms with Gasteiger partial charge < -0.3 is 9.47 Å². The lowest BCUT2D eigenvalue weighted by Gasteiger charge is -2.28. The van der Waals surface area contributed by atoms with Crippen LogP contribution in [0.25, 0.3) is 0 Å². The molecule has 9 heteroatoms. The Bertz CT molecular complexity index is 511. The van der Waals surface area contributed by atoms with Crippen molar-refractivity contribution in [3.05, 3.63) is 27.8 Å². The molecule has 0 N–H and O–H groups in total. The van der Waals surface area contributed by atoms with Gasteiger partial charge in [0.1, 0.15) is 0 Å². The Labute approximate surface area is 103 Å². The first-order valence-corrected chi connectivity index (χ1v) is 5.13. The molecule has 1 aromatic carbocycles. The molecular formula is C9H5ClF3NO4. The molecule has 98 valence electrons. The van der Waals surface area contributed by atoms with E-state index in [1.165, 1.54) is 0 Å². The predicted molar refractivity (Wildman–Crippen MR) is 53.8 cm³/mol. The average Bonchev–Trinajstić information content (AvgIpc) is 2.28. The smallest absolute Gasteiger partial charge is 0.447 e. The third-order valence-corrected chi connectivity index (χ3v) is 2.51. The van der Waals surface area contributed by atoms with Crippen LogP contribution in [0, 0.1) is 10.1 Å². The SMILES string of the molecule is O=[N+]([O-])c1cc2c(cc1CCl)OC(F)C(F)(F)O2. The zero-order chi connectivity index (χ0) is 13.5. The van der Waals surface area contributed by atoms with Crippen LogP contribution in [-0.2, 0) is 5.88 Å². The van der Waals surface area contributed by atoms with Gasteiger partial charge in [0, 0.05) is 5.56 Å².